The van der Waals surface area contributed by atoms with Crippen LogP contribution in [0.5, 0.6) is 0 Å². The van der Waals surface area contributed by atoms with E-state index in [0.29, 0.717) is 21.6 Å². The summed E-state index contributed by atoms with van der Waals surface area (Å²) in [6, 6.07) is 17.8. The van der Waals surface area contributed by atoms with Crippen molar-refractivity contribution >= 4 is 46.1 Å². The molecule has 1 saturated heterocycles. The van der Waals surface area contributed by atoms with Crippen molar-refractivity contribution in [2.45, 2.75) is 45.3 Å². The summed E-state index contributed by atoms with van der Waals surface area (Å²) in [6.07, 6.45) is 6.80. The van der Waals surface area contributed by atoms with Crippen molar-refractivity contribution in [2.75, 3.05) is 13.1 Å². The summed E-state index contributed by atoms with van der Waals surface area (Å²) in [5.41, 5.74) is 6.17. The van der Waals surface area contributed by atoms with E-state index in [2.05, 4.69) is 28.9 Å². The highest BCUT2D eigenvalue weighted by atomic mass is 35.5. The number of thiocarbonyl (C=S) groups is 1. The van der Waals surface area contributed by atoms with Gasteiger partial charge in [-0.1, -0.05) is 66.9 Å². The Morgan fingerprint density at radius 1 is 1.06 bits per heavy atom. The van der Waals surface area contributed by atoms with Crippen LogP contribution in [0.15, 0.2) is 60.8 Å². The molecule has 1 aliphatic rings. The first-order valence-corrected chi connectivity index (χ1v) is 13.5. The van der Waals surface area contributed by atoms with Crippen LogP contribution in [0.1, 0.15) is 49.2 Å². The predicted molar refractivity (Wildman–Crippen MR) is 150 cm³/mol. The van der Waals surface area contributed by atoms with E-state index < -0.39 is 0 Å². The number of halogens is 2. The van der Waals surface area contributed by atoms with Gasteiger partial charge in [0.25, 0.3) is 0 Å². The molecule has 4 aromatic rings. The average molecular weight is 540 g/mol. The molecule has 2 aromatic heterocycles. The second-order valence-corrected chi connectivity index (χ2v) is 10.3. The molecule has 0 bridgehead atoms. The van der Waals surface area contributed by atoms with Crippen LogP contribution >= 0.6 is 35.4 Å². The van der Waals surface area contributed by atoms with Crippen molar-refractivity contribution in [1.82, 2.24) is 19.5 Å². The van der Waals surface area contributed by atoms with Crippen molar-refractivity contribution in [3.05, 3.63) is 87.7 Å². The highest BCUT2D eigenvalue weighted by Crippen LogP contribution is 2.32. The summed E-state index contributed by atoms with van der Waals surface area (Å²) < 4.78 is 7.87. The molecule has 0 aliphatic carbocycles. The molecular weight excluding hydrogens is 511 g/mol. The normalized spacial score (nSPS) is 16.1. The molecule has 186 valence electrons. The lowest BCUT2D eigenvalue weighted by Gasteiger charge is -2.22. The summed E-state index contributed by atoms with van der Waals surface area (Å²) in [5.74, 6) is 0. The maximum absolute atomic E-state index is 6.51. The molecule has 36 heavy (non-hydrogen) atoms. The first kappa shape index (κ1) is 25.2. The Morgan fingerprint density at radius 2 is 1.89 bits per heavy atom. The minimum Gasteiger partial charge on any atom is -0.463 e. The largest absolute Gasteiger partial charge is 0.463 e. The summed E-state index contributed by atoms with van der Waals surface area (Å²) in [7, 11) is 0. The molecule has 1 unspecified atom stereocenters. The number of benzene rings is 2. The van der Waals surface area contributed by atoms with Gasteiger partial charge in [0.15, 0.2) is 16.9 Å². The van der Waals surface area contributed by atoms with Gasteiger partial charge in [-0.3, -0.25) is 4.90 Å². The van der Waals surface area contributed by atoms with Crippen LogP contribution in [0.4, 0.5) is 0 Å². The lowest BCUT2D eigenvalue weighted by atomic mass is 10.1. The van der Waals surface area contributed by atoms with Crippen LogP contribution in [0.2, 0.25) is 10.0 Å². The molecule has 0 N–H and O–H groups in total. The van der Waals surface area contributed by atoms with Crippen LogP contribution in [-0.4, -0.2) is 37.6 Å². The zero-order chi connectivity index (χ0) is 25.1. The number of aromatic nitrogens is 3. The van der Waals surface area contributed by atoms with E-state index in [4.69, 9.17) is 45.3 Å². The molecule has 5 nitrogen and oxygen atoms in total. The molecular formula is C28H28Cl2N4OS. The third kappa shape index (κ3) is 5.28. The van der Waals surface area contributed by atoms with Gasteiger partial charge in [-0.2, -0.15) is 5.10 Å². The summed E-state index contributed by atoms with van der Waals surface area (Å²) in [6.45, 7) is 3.80. The van der Waals surface area contributed by atoms with Gasteiger partial charge < -0.3 is 4.74 Å². The molecule has 1 fully saturated rings. The average Bonchev–Trinajstić information content (AvgIpc) is 3.44. The lowest BCUT2D eigenvalue weighted by molar-refractivity contribution is 0.0761. The fraction of sp³-hybridized carbons (Fsp3) is 0.321. The van der Waals surface area contributed by atoms with Gasteiger partial charge in [0.05, 0.1) is 23.0 Å². The number of aryl methyl sites for hydroxylation is 2. The smallest absolute Gasteiger partial charge is 0.180 e. The number of nitrogens with zero attached hydrogens (tertiary/aromatic N) is 4. The molecule has 1 atom stereocenters. The van der Waals surface area contributed by atoms with Crippen molar-refractivity contribution in [1.29, 1.82) is 0 Å². The Hall–Kier alpha value is -2.51. The van der Waals surface area contributed by atoms with Gasteiger partial charge in [-0.05, 0) is 62.2 Å². The molecule has 5 rings (SSSR count). The minimum atomic E-state index is -0.0766. The van der Waals surface area contributed by atoms with Gasteiger partial charge in [0.1, 0.15) is 0 Å². The van der Waals surface area contributed by atoms with Crippen molar-refractivity contribution in [2.24, 2.45) is 0 Å². The van der Waals surface area contributed by atoms with Crippen LogP contribution in [0, 0.1) is 0 Å². The van der Waals surface area contributed by atoms with E-state index in [9.17, 15) is 0 Å². The Kier molecular flexibility index (Phi) is 7.87. The number of unbranched alkanes of at least 4 members (excludes halogenated alkanes) is 2. The SMILES string of the molecule is CCc1nn2c(-c3ccc(Cl)cc3Cl)ccnc2c1CCCCCN1CC(=S)OC1c1ccccc1. The fourth-order valence-electron chi connectivity index (χ4n) is 4.85. The zero-order valence-electron chi connectivity index (χ0n) is 20.2. The summed E-state index contributed by atoms with van der Waals surface area (Å²) in [5, 5.41) is 6.79. The molecule has 2 aromatic carbocycles. The monoisotopic (exact) mass is 538 g/mol. The molecule has 0 spiro atoms. The van der Waals surface area contributed by atoms with Crippen LogP contribution in [0.3, 0.4) is 0 Å². The van der Waals surface area contributed by atoms with Crippen LogP contribution < -0.4 is 0 Å². The first-order chi connectivity index (χ1) is 17.5. The van der Waals surface area contributed by atoms with Gasteiger partial charge >= 0.3 is 0 Å². The van der Waals surface area contributed by atoms with Crippen molar-refractivity contribution in [3.8, 4) is 11.3 Å². The number of ether oxygens (including phenoxy) is 1. The fourth-order valence-corrected chi connectivity index (χ4v) is 5.61. The Morgan fingerprint density at radius 3 is 2.67 bits per heavy atom. The Bertz CT molecular complexity index is 1370. The number of rotatable bonds is 9. The molecule has 0 radical (unpaired) electrons. The third-order valence-electron chi connectivity index (χ3n) is 6.60. The topological polar surface area (TPSA) is 42.7 Å². The molecule has 0 amide bonds. The molecule has 1 aliphatic heterocycles. The maximum Gasteiger partial charge on any atom is 0.180 e. The molecule has 8 heteroatoms. The first-order valence-electron chi connectivity index (χ1n) is 12.3. The van der Waals surface area contributed by atoms with Gasteiger partial charge in [0.2, 0.25) is 0 Å². The Balaban J connectivity index is 1.26. The van der Waals surface area contributed by atoms with Crippen LogP contribution in [-0.2, 0) is 17.6 Å². The van der Waals surface area contributed by atoms with E-state index in [1.54, 1.807) is 6.07 Å². The van der Waals surface area contributed by atoms with E-state index >= 15 is 0 Å². The van der Waals surface area contributed by atoms with E-state index in [0.717, 1.165) is 66.8 Å². The van der Waals surface area contributed by atoms with Gasteiger partial charge in [0, 0.05) is 34.5 Å². The van der Waals surface area contributed by atoms with Crippen molar-refractivity contribution < 1.29 is 4.74 Å². The summed E-state index contributed by atoms with van der Waals surface area (Å²) >= 11 is 18.0. The zero-order valence-corrected chi connectivity index (χ0v) is 22.5. The minimum absolute atomic E-state index is 0.0766. The second-order valence-electron chi connectivity index (χ2n) is 9.00. The number of hydrogen-bond acceptors (Lipinski definition) is 5. The quantitative estimate of drug-likeness (QED) is 0.165. The van der Waals surface area contributed by atoms with E-state index in [1.165, 1.54) is 5.56 Å². The van der Waals surface area contributed by atoms with E-state index in [-0.39, 0.29) is 6.23 Å². The van der Waals surface area contributed by atoms with Crippen LogP contribution in [0.25, 0.3) is 16.9 Å². The van der Waals surface area contributed by atoms with Gasteiger partial charge in [-0.15, -0.1) is 0 Å². The Labute approximate surface area is 227 Å². The van der Waals surface area contributed by atoms with Crippen molar-refractivity contribution in [3.63, 3.8) is 0 Å². The second kappa shape index (κ2) is 11.3. The van der Waals surface area contributed by atoms with Gasteiger partial charge in [-0.25, -0.2) is 9.50 Å². The number of hydrogen-bond donors (Lipinski definition) is 0. The third-order valence-corrected chi connectivity index (χ3v) is 7.38. The highest BCUT2D eigenvalue weighted by molar-refractivity contribution is 7.80. The maximum atomic E-state index is 6.51. The summed E-state index contributed by atoms with van der Waals surface area (Å²) in [4.78, 5) is 7.02. The van der Waals surface area contributed by atoms with E-state index in [1.807, 2.05) is 47.1 Å². The highest BCUT2D eigenvalue weighted by Gasteiger charge is 2.30. The lowest BCUT2D eigenvalue weighted by Crippen LogP contribution is -2.25. The number of fused-ring (bicyclic) bond motifs is 1. The molecule has 0 saturated carbocycles. The standard InChI is InChI=1S/C28H28Cl2N4OS/c1-2-24-22(27-31-15-14-25(34(27)32-24)21-13-12-20(29)17-23(21)30)11-7-4-8-16-33-18-26(36)35-28(33)19-9-5-3-6-10-19/h3,5-6,9-10,12-15,17,28H,2,4,7-8,11,16,18H2,1H3. The predicted octanol–water partition coefficient (Wildman–Crippen LogP) is 7.34. The molecule has 3 heterocycles.